The zero-order chi connectivity index (χ0) is 19.1. The van der Waals surface area contributed by atoms with E-state index in [0.717, 1.165) is 43.2 Å². The second-order valence-electron chi connectivity index (χ2n) is 7.26. The lowest BCUT2D eigenvalue weighted by atomic mass is 9.74. The van der Waals surface area contributed by atoms with Gasteiger partial charge in [0.25, 0.3) is 0 Å². The van der Waals surface area contributed by atoms with Crippen molar-refractivity contribution in [2.45, 2.75) is 57.3 Å². The topological polar surface area (TPSA) is 49.8 Å². The Kier molecular flexibility index (Phi) is 6.51. The van der Waals surface area contributed by atoms with Crippen molar-refractivity contribution in [3.05, 3.63) is 71.8 Å². The van der Waals surface area contributed by atoms with Crippen LogP contribution in [0.25, 0.3) is 0 Å². The first kappa shape index (κ1) is 19.4. The number of carbonyl (C=O) groups is 1. The van der Waals surface area contributed by atoms with E-state index >= 15 is 0 Å². The number of hydrogen-bond acceptors (Lipinski definition) is 2. The van der Waals surface area contributed by atoms with Crippen molar-refractivity contribution in [2.24, 2.45) is 0 Å². The summed E-state index contributed by atoms with van der Waals surface area (Å²) in [6.45, 7) is 3.20. The molecule has 2 unspecified atom stereocenters. The maximum Gasteiger partial charge on any atom is 0.408 e. The van der Waals surface area contributed by atoms with E-state index in [2.05, 4.69) is 19.1 Å². The zero-order valence-electron chi connectivity index (χ0n) is 16.0. The van der Waals surface area contributed by atoms with Crippen LogP contribution in [0.1, 0.15) is 50.2 Å². The molecule has 0 aromatic heterocycles. The van der Waals surface area contributed by atoms with E-state index in [1.807, 2.05) is 48.5 Å². The molecule has 0 bridgehead atoms. The van der Waals surface area contributed by atoms with Crippen molar-refractivity contribution < 1.29 is 14.6 Å². The van der Waals surface area contributed by atoms with E-state index < -0.39 is 11.6 Å². The van der Waals surface area contributed by atoms with Gasteiger partial charge in [-0.2, -0.15) is 0 Å². The number of benzene rings is 2. The summed E-state index contributed by atoms with van der Waals surface area (Å²) in [4.78, 5) is 13.8. The molecule has 4 heteroatoms. The van der Waals surface area contributed by atoms with E-state index in [0.29, 0.717) is 13.2 Å². The summed E-state index contributed by atoms with van der Waals surface area (Å²) in [7, 11) is 0. The van der Waals surface area contributed by atoms with Crippen LogP contribution in [0, 0.1) is 0 Å². The molecule has 1 saturated heterocycles. The van der Waals surface area contributed by atoms with Crippen molar-refractivity contribution in [3.63, 3.8) is 0 Å². The fourth-order valence-electron chi connectivity index (χ4n) is 4.26. The molecule has 27 heavy (non-hydrogen) atoms. The summed E-state index contributed by atoms with van der Waals surface area (Å²) in [5.74, 6) is 0. The predicted octanol–water partition coefficient (Wildman–Crippen LogP) is 5.43. The molecule has 144 valence electrons. The molecule has 0 saturated carbocycles. The Morgan fingerprint density at radius 2 is 1.81 bits per heavy atom. The highest BCUT2D eigenvalue weighted by molar-refractivity contribution is 5.67. The number of hydrogen-bond donors (Lipinski definition) is 1. The molecule has 1 heterocycles. The van der Waals surface area contributed by atoms with Crippen molar-refractivity contribution >= 4 is 6.09 Å². The maximum absolute atomic E-state index is 12.2. The number of rotatable bonds is 7. The van der Waals surface area contributed by atoms with E-state index in [9.17, 15) is 9.90 Å². The highest BCUT2D eigenvalue weighted by Crippen LogP contribution is 2.44. The van der Waals surface area contributed by atoms with Gasteiger partial charge >= 0.3 is 6.09 Å². The minimum absolute atomic E-state index is 0.156. The molecule has 1 aliphatic heterocycles. The van der Waals surface area contributed by atoms with Gasteiger partial charge in [-0.3, -0.25) is 4.90 Å². The second-order valence-corrected chi connectivity index (χ2v) is 7.26. The van der Waals surface area contributed by atoms with Crippen LogP contribution in [-0.4, -0.2) is 28.7 Å². The second kappa shape index (κ2) is 9.05. The molecule has 3 rings (SSSR count). The third kappa shape index (κ3) is 4.16. The van der Waals surface area contributed by atoms with E-state index in [1.165, 1.54) is 0 Å². The minimum Gasteiger partial charge on any atom is -0.465 e. The SMILES string of the molecule is CCCCC1(c2ccccc2)C(OCc2ccccc2)CCCN1C(=O)O. The van der Waals surface area contributed by atoms with Crippen LogP contribution < -0.4 is 0 Å². The Morgan fingerprint density at radius 3 is 2.44 bits per heavy atom. The molecule has 0 spiro atoms. The summed E-state index contributed by atoms with van der Waals surface area (Å²) >= 11 is 0. The number of piperidine rings is 1. The number of ether oxygens (including phenoxy) is 1. The third-order valence-corrected chi connectivity index (χ3v) is 5.57. The quantitative estimate of drug-likeness (QED) is 0.710. The van der Waals surface area contributed by atoms with Crippen LogP contribution in [0.4, 0.5) is 4.79 Å². The molecular weight excluding hydrogens is 338 g/mol. The summed E-state index contributed by atoms with van der Waals surface area (Å²) in [5.41, 5.74) is 1.52. The molecule has 2 atom stereocenters. The molecule has 0 radical (unpaired) electrons. The predicted molar refractivity (Wildman–Crippen MR) is 107 cm³/mol. The largest absolute Gasteiger partial charge is 0.465 e. The lowest BCUT2D eigenvalue weighted by Gasteiger charge is -2.51. The lowest BCUT2D eigenvalue weighted by Crippen LogP contribution is -2.60. The fourth-order valence-corrected chi connectivity index (χ4v) is 4.26. The first-order chi connectivity index (χ1) is 13.2. The van der Waals surface area contributed by atoms with Crippen LogP contribution in [0.15, 0.2) is 60.7 Å². The van der Waals surface area contributed by atoms with Crippen LogP contribution in [-0.2, 0) is 16.9 Å². The summed E-state index contributed by atoms with van der Waals surface area (Å²) in [5, 5.41) is 10.0. The van der Waals surface area contributed by atoms with Crippen LogP contribution >= 0.6 is 0 Å². The number of unbranched alkanes of at least 4 members (excludes halogenated alkanes) is 1. The molecule has 1 aliphatic rings. The minimum atomic E-state index is -0.858. The average molecular weight is 367 g/mol. The van der Waals surface area contributed by atoms with Crippen LogP contribution in [0.3, 0.4) is 0 Å². The molecule has 0 aliphatic carbocycles. The number of carboxylic acid groups (broad SMARTS) is 1. The van der Waals surface area contributed by atoms with Gasteiger partial charge in [0.05, 0.1) is 18.2 Å². The van der Waals surface area contributed by atoms with Crippen molar-refractivity contribution in [3.8, 4) is 0 Å². The smallest absolute Gasteiger partial charge is 0.408 e. The Morgan fingerprint density at radius 1 is 1.15 bits per heavy atom. The van der Waals surface area contributed by atoms with Gasteiger partial charge in [-0.1, -0.05) is 80.4 Å². The van der Waals surface area contributed by atoms with Crippen molar-refractivity contribution in [1.29, 1.82) is 0 Å². The number of amides is 1. The molecule has 1 amide bonds. The van der Waals surface area contributed by atoms with Gasteiger partial charge in [-0.15, -0.1) is 0 Å². The first-order valence-corrected chi connectivity index (χ1v) is 9.90. The van der Waals surface area contributed by atoms with Gasteiger partial charge in [0.15, 0.2) is 0 Å². The average Bonchev–Trinajstić information content (AvgIpc) is 2.72. The van der Waals surface area contributed by atoms with Gasteiger partial charge in [0, 0.05) is 6.54 Å². The highest BCUT2D eigenvalue weighted by atomic mass is 16.5. The summed E-state index contributed by atoms with van der Waals surface area (Å²) < 4.78 is 6.41. The van der Waals surface area contributed by atoms with Gasteiger partial charge in [-0.05, 0) is 30.4 Å². The van der Waals surface area contributed by atoms with Crippen LogP contribution in [0.2, 0.25) is 0 Å². The van der Waals surface area contributed by atoms with Crippen LogP contribution in [0.5, 0.6) is 0 Å². The summed E-state index contributed by atoms with van der Waals surface area (Å²) in [6, 6.07) is 20.2. The molecule has 1 N–H and O–H groups in total. The maximum atomic E-state index is 12.2. The van der Waals surface area contributed by atoms with E-state index in [4.69, 9.17) is 4.74 Å². The van der Waals surface area contributed by atoms with Gasteiger partial charge in [0.2, 0.25) is 0 Å². The monoisotopic (exact) mass is 367 g/mol. The lowest BCUT2D eigenvalue weighted by molar-refractivity contribution is -0.106. The fraction of sp³-hybridized carbons (Fsp3) is 0.435. The van der Waals surface area contributed by atoms with E-state index in [-0.39, 0.29) is 6.10 Å². The molecule has 4 nitrogen and oxygen atoms in total. The van der Waals surface area contributed by atoms with Gasteiger partial charge < -0.3 is 9.84 Å². The molecular formula is C23H29NO3. The molecule has 2 aromatic carbocycles. The van der Waals surface area contributed by atoms with E-state index in [1.54, 1.807) is 4.90 Å². The number of likely N-dealkylation sites (tertiary alicyclic amines) is 1. The van der Waals surface area contributed by atoms with Gasteiger partial charge in [0.1, 0.15) is 0 Å². The van der Waals surface area contributed by atoms with Crippen molar-refractivity contribution in [2.75, 3.05) is 6.54 Å². The zero-order valence-corrected chi connectivity index (χ0v) is 16.0. The third-order valence-electron chi connectivity index (χ3n) is 5.57. The molecule has 1 fully saturated rings. The Labute approximate surface area is 161 Å². The van der Waals surface area contributed by atoms with Gasteiger partial charge in [-0.25, -0.2) is 4.79 Å². The standard InChI is InChI=1S/C23H29NO3/c1-2-3-16-23(20-13-8-5-9-14-20)21(15-10-17-24(23)22(25)26)27-18-19-11-6-4-7-12-19/h4-9,11-14,21H,2-3,10,15-18H2,1H3,(H,25,26). The Balaban J connectivity index is 1.97. The normalized spacial score (nSPS) is 22.6. The summed E-state index contributed by atoms with van der Waals surface area (Å²) in [6.07, 6.45) is 3.44. The number of nitrogens with zero attached hydrogens (tertiary/aromatic N) is 1. The highest BCUT2D eigenvalue weighted by Gasteiger charge is 2.50. The Hall–Kier alpha value is -2.33. The first-order valence-electron chi connectivity index (χ1n) is 9.90. The van der Waals surface area contributed by atoms with Crippen molar-refractivity contribution in [1.82, 2.24) is 4.90 Å². The Bertz CT molecular complexity index is 719. The molecule has 2 aromatic rings.